The predicted molar refractivity (Wildman–Crippen MR) is 90.7 cm³/mol. The molecule has 0 bridgehead atoms. The number of cyclic esters (lactones) is 1. The highest BCUT2D eigenvalue weighted by atomic mass is 16.8. The molecule has 1 aliphatic rings. The lowest BCUT2D eigenvalue weighted by atomic mass is 9.86. The molecule has 2 aromatic rings. The molecule has 2 atom stereocenters. The van der Waals surface area contributed by atoms with Crippen LogP contribution in [0, 0.1) is 15.5 Å². The van der Waals surface area contributed by atoms with E-state index in [-0.39, 0.29) is 5.69 Å². The third-order valence-corrected chi connectivity index (χ3v) is 4.16. The van der Waals surface area contributed by atoms with Crippen molar-refractivity contribution in [2.24, 2.45) is 5.41 Å². The summed E-state index contributed by atoms with van der Waals surface area (Å²) in [7, 11) is 0. The van der Waals surface area contributed by atoms with Crippen LogP contribution in [0.1, 0.15) is 31.9 Å². The number of benzene rings is 2. The van der Waals surface area contributed by atoms with Gasteiger partial charge in [0.1, 0.15) is 0 Å². The zero-order valence-electron chi connectivity index (χ0n) is 14.3. The van der Waals surface area contributed by atoms with Crippen LogP contribution in [0.4, 0.5) is 5.69 Å². The van der Waals surface area contributed by atoms with Crippen LogP contribution in [-0.4, -0.2) is 17.2 Å². The standard InChI is InChI=1S/C19H19NO5/c1-18(2,3)17-24-16(21)19(25-17,13-7-5-4-6-8-13)14-9-11-15(12-10-14)20(22)23/h4-12,17H,1-3H3/t17-,19-/m1/s1. The van der Waals surface area contributed by atoms with E-state index in [9.17, 15) is 14.9 Å². The van der Waals surface area contributed by atoms with E-state index in [1.165, 1.54) is 24.3 Å². The van der Waals surface area contributed by atoms with E-state index >= 15 is 0 Å². The number of nitro benzene ring substituents is 1. The molecule has 0 radical (unpaired) electrons. The monoisotopic (exact) mass is 341 g/mol. The maximum atomic E-state index is 12.9. The van der Waals surface area contributed by atoms with Crippen LogP contribution in [-0.2, 0) is 19.9 Å². The summed E-state index contributed by atoms with van der Waals surface area (Å²) in [6.45, 7) is 5.76. The molecule has 3 rings (SSSR count). The van der Waals surface area contributed by atoms with Gasteiger partial charge in [0.15, 0.2) is 0 Å². The van der Waals surface area contributed by atoms with E-state index in [4.69, 9.17) is 9.47 Å². The minimum atomic E-state index is -1.44. The molecule has 1 heterocycles. The van der Waals surface area contributed by atoms with E-state index in [1.54, 1.807) is 12.1 Å². The van der Waals surface area contributed by atoms with Crippen LogP contribution < -0.4 is 0 Å². The number of nitro groups is 1. The molecule has 0 spiro atoms. The quantitative estimate of drug-likeness (QED) is 0.482. The van der Waals surface area contributed by atoms with Crippen LogP contribution in [0.15, 0.2) is 54.6 Å². The predicted octanol–water partition coefficient (Wildman–Crippen LogP) is 3.78. The zero-order chi connectivity index (χ0) is 18.2. The molecule has 1 saturated heterocycles. The Kier molecular flexibility index (Phi) is 4.08. The fraction of sp³-hybridized carbons (Fsp3) is 0.316. The highest BCUT2D eigenvalue weighted by Crippen LogP contribution is 2.45. The first-order chi connectivity index (χ1) is 11.7. The van der Waals surface area contributed by atoms with Gasteiger partial charge in [-0.15, -0.1) is 0 Å². The van der Waals surface area contributed by atoms with Crippen molar-refractivity contribution in [3.05, 3.63) is 75.8 Å². The molecule has 0 aliphatic carbocycles. The van der Waals surface area contributed by atoms with E-state index in [0.29, 0.717) is 11.1 Å². The first-order valence-corrected chi connectivity index (χ1v) is 7.94. The van der Waals surface area contributed by atoms with E-state index in [1.807, 2.05) is 39.0 Å². The average Bonchev–Trinajstić information content (AvgIpc) is 2.94. The maximum Gasteiger partial charge on any atom is 0.350 e. The summed E-state index contributed by atoms with van der Waals surface area (Å²) in [5, 5.41) is 10.9. The number of ether oxygens (including phenoxy) is 2. The summed E-state index contributed by atoms with van der Waals surface area (Å²) >= 11 is 0. The topological polar surface area (TPSA) is 78.7 Å². The Bertz CT molecular complexity index is 795. The lowest BCUT2D eigenvalue weighted by Crippen LogP contribution is -2.36. The summed E-state index contributed by atoms with van der Waals surface area (Å²) < 4.78 is 11.7. The Hall–Kier alpha value is -2.73. The average molecular weight is 341 g/mol. The Balaban J connectivity index is 2.14. The molecule has 0 amide bonds. The molecule has 0 saturated carbocycles. The second-order valence-electron chi connectivity index (χ2n) is 7.07. The van der Waals surface area contributed by atoms with Gasteiger partial charge in [-0.05, 0) is 17.7 Å². The summed E-state index contributed by atoms with van der Waals surface area (Å²) in [5.41, 5.74) is -0.770. The van der Waals surface area contributed by atoms with Crippen molar-refractivity contribution >= 4 is 11.7 Å². The van der Waals surface area contributed by atoms with Crippen molar-refractivity contribution in [1.82, 2.24) is 0 Å². The molecule has 6 nitrogen and oxygen atoms in total. The van der Waals surface area contributed by atoms with Gasteiger partial charge in [0.05, 0.1) is 4.92 Å². The highest BCUT2D eigenvalue weighted by molar-refractivity contribution is 5.87. The number of carbonyl (C=O) groups excluding carboxylic acids is 1. The number of rotatable bonds is 3. The second kappa shape index (κ2) is 5.97. The first-order valence-electron chi connectivity index (χ1n) is 7.94. The minimum absolute atomic E-state index is 0.0503. The Morgan fingerprint density at radius 1 is 1.00 bits per heavy atom. The number of hydrogen-bond acceptors (Lipinski definition) is 5. The Morgan fingerprint density at radius 2 is 1.56 bits per heavy atom. The summed E-state index contributed by atoms with van der Waals surface area (Å²) in [6, 6.07) is 14.8. The molecule has 0 aromatic heterocycles. The number of nitrogens with zero attached hydrogens (tertiary/aromatic N) is 1. The molecular formula is C19H19NO5. The number of esters is 1. The fourth-order valence-electron chi connectivity index (χ4n) is 2.80. The van der Waals surface area contributed by atoms with E-state index in [0.717, 1.165) is 0 Å². The van der Waals surface area contributed by atoms with Gasteiger partial charge in [-0.2, -0.15) is 0 Å². The lowest BCUT2D eigenvalue weighted by Gasteiger charge is -2.29. The van der Waals surface area contributed by atoms with Crippen LogP contribution in [0.3, 0.4) is 0 Å². The van der Waals surface area contributed by atoms with E-state index < -0.39 is 28.2 Å². The summed E-state index contributed by atoms with van der Waals surface area (Å²) in [4.78, 5) is 23.3. The first kappa shape index (κ1) is 17.1. The molecule has 0 unspecified atom stereocenters. The third-order valence-electron chi connectivity index (χ3n) is 4.16. The van der Waals surface area contributed by atoms with Crippen molar-refractivity contribution in [2.75, 3.05) is 0 Å². The highest BCUT2D eigenvalue weighted by Gasteiger charge is 2.55. The zero-order valence-corrected chi connectivity index (χ0v) is 14.3. The van der Waals surface area contributed by atoms with Crippen molar-refractivity contribution in [3.63, 3.8) is 0 Å². The lowest BCUT2D eigenvalue weighted by molar-refractivity contribution is -0.384. The molecule has 1 fully saturated rings. The van der Waals surface area contributed by atoms with Crippen molar-refractivity contribution in [2.45, 2.75) is 32.7 Å². The second-order valence-corrected chi connectivity index (χ2v) is 7.07. The van der Waals surface area contributed by atoms with Gasteiger partial charge in [-0.25, -0.2) is 4.79 Å². The summed E-state index contributed by atoms with van der Waals surface area (Å²) in [6.07, 6.45) is -0.726. The van der Waals surface area contributed by atoms with Crippen molar-refractivity contribution < 1.29 is 19.2 Å². The molecule has 25 heavy (non-hydrogen) atoms. The molecule has 130 valence electrons. The van der Waals surface area contributed by atoms with Gasteiger partial charge in [-0.1, -0.05) is 51.1 Å². The van der Waals surface area contributed by atoms with E-state index in [2.05, 4.69) is 0 Å². The van der Waals surface area contributed by atoms with Crippen LogP contribution in [0.5, 0.6) is 0 Å². The van der Waals surface area contributed by atoms with Gasteiger partial charge in [0.2, 0.25) is 11.9 Å². The third kappa shape index (κ3) is 2.89. The minimum Gasteiger partial charge on any atom is -0.432 e. The molecular weight excluding hydrogens is 322 g/mol. The number of carbonyl (C=O) groups is 1. The largest absolute Gasteiger partial charge is 0.432 e. The van der Waals surface area contributed by atoms with Gasteiger partial charge in [0.25, 0.3) is 5.69 Å². The maximum absolute atomic E-state index is 12.9. The fourth-order valence-corrected chi connectivity index (χ4v) is 2.80. The Morgan fingerprint density at radius 3 is 2.04 bits per heavy atom. The Labute approximate surface area is 145 Å². The van der Waals surface area contributed by atoms with Gasteiger partial charge >= 0.3 is 5.97 Å². The normalized spacial score (nSPS) is 23.3. The molecule has 2 aromatic carbocycles. The van der Waals surface area contributed by atoms with Crippen molar-refractivity contribution in [3.8, 4) is 0 Å². The summed E-state index contributed by atoms with van der Waals surface area (Å²) in [5.74, 6) is -0.521. The van der Waals surface area contributed by atoms with Crippen LogP contribution in [0.2, 0.25) is 0 Å². The SMILES string of the molecule is CC(C)(C)[C@@H]1OC(=O)[C@@](c2ccccc2)(c2ccc([N+](=O)[O-])cc2)O1. The van der Waals surface area contributed by atoms with Gasteiger partial charge < -0.3 is 9.47 Å². The molecule has 1 aliphatic heterocycles. The number of non-ortho nitro benzene ring substituents is 1. The van der Waals surface area contributed by atoms with Gasteiger partial charge in [-0.3, -0.25) is 10.1 Å². The smallest absolute Gasteiger partial charge is 0.350 e. The van der Waals surface area contributed by atoms with Crippen LogP contribution >= 0.6 is 0 Å². The number of hydrogen-bond donors (Lipinski definition) is 0. The molecule has 6 heteroatoms. The molecule has 0 N–H and O–H groups in total. The van der Waals surface area contributed by atoms with Gasteiger partial charge in [0, 0.05) is 23.1 Å². The van der Waals surface area contributed by atoms with Crippen LogP contribution in [0.25, 0.3) is 0 Å². The van der Waals surface area contributed by atoms with Crippen molar-refractivity contribution in [1.29, 1.82) is 0 Å².